The lowest BCUT2D eigenvalue weighted by atomic mass is 10.2. The predicted octanol–water partition coefficient (Wildman–Crippen LogP) is -1.07. The van der Waals surface area contributed by atoms with Crippen LogP contribution in [0.25, 0.3) is 0 Å². The molecule has 0 radical (unpaired) electrons. The van der Waals surface area contributed by atoms with E-state index in [9.17, 15) is 14.4 Å². The van der Waals surface area contributed by atoms with Crippen LogP contribution >= 0.6 is 0 Å². The molecule has 0 aromatic heterocycles. The highest BCUT2D eigenvalue weighted by Gasteiger charge is 2.15. The lowest BCUT2D eigenvalue weighted by molar-refractivity contribution is -0.146. The number of ether oxygens (including phenoxy) is 1. The van der Waals surface area contributed by atoms with E-state index < -0.39 is 23.8 Å². The van der Waals surface area contributed by atoms with Gasteiger partial charge in [-0.1, -0.05) is 6.92 Å². The molecule has 0 saturated carbocycles. The lowest BCUT2D eigenvalue weighted by Gasteiger charge is -2.12. The molecule has 0 aliphatic carbocycles. The van der Waals surface area contributed by atoms with Crippen molar-refractivity contribution in [3.63, 3.8) is 0 Å². The number of nitrogens with two attached hydrogens (primary N) is 1. The molecule has 0 heterocycles. The van der Waals surface area contributed by atoms with E-state index in [0.717, 1.165) is 0 Å². The van der Waals surface area contributed by atoms with Crippen molar-refractivity contribution in [2.75, 3.05) is 6.61 Å². The molecule has 0 unspecified atom stereocenters. The van der Waals surface area contributed by atoms with Gasteiger partial charge in [-0.3, -0.25) is 14.4 Å². The van der Waals surface area contributed by atoms with Gasteiger partial charge in [0.25, 0.3) is 5.91 Å². The molecule has 80 valence electrons. The van der Waals surface area contributed by atoms with Crippen LogP contribution in [-0.4, -0.2) is 30.4 Å². The third-order valence-electron chi connectivity index (χ3n) is 1.49. The largest absolute Gasteiger partial charge is 0.456 e. The monoisotopic (exact) mass is 202 g/mol. The van der Waals surface area contributed by atoms with Gasteiger partial charge in [0.05, 0.1) is 0 Å². The lowest BCUT2D eigenvalue weighted by Crippen LogP contribution is -2.45. The summed E-state index contributed by atoms with van der Waals surface area (Å²) < 4.78 is 4.43. The van der Waals surface area contributed by atoms with Crippen LogP contribution < -0.4 is 11.1 Å². The Kier molecular flexibility index (Phi) is 5.28. The van der Waals surface area contributed by atoms with Gasteiger partial charge in [0.2, 0.25) is 5.91 Å². The number of carbonyl (C=O) groups excluding carboxylic acids is 3. The van der Waals surface area contributed by atoms with Crippen molar-refractivity contribution < 1.29 is 19.1 Å². The maximum Gasteiger partial charge on any atom is 0.303 e. The first kappa shape index (κ1) is 12.4. The molecule has 3 N–H and O–H groups in total. The first-order valence-electron chi connectivity index (χ1n) is 4.19. The minimum absolute atomic E-state index is 0.390. The number of hydrogen-bond acceptors (Lipinski definition) is 4. The van der Waals surface area contributed by atoms with E-state index in [2.05, 4.69) is 10.1 Å². The van der Waals surface area contributed by atoms with Gasteiger partial charge in [0, 0.05) is 6.92 Å². The van der Waals surface area contributed by atoms with Crippen LogP contribution in [-0.2, 0) is 19.1 Å². The van der Waals surface area contributed by atoms with E-state index >= 15 is 0 Å². The number of rotatable bonds is 5. The van der Waals surface area contributed by atoms with Gasteiger partial charge < -0.3 is 15.8 Å². The van der Waals surface area contributed by atoms with Crippen LogP contribution in [0.4, 0.5) is 0 Å². The van der Waals surface area contributed by atoms with Crippen molar-refractivity contribution in [1.29, 1.82) is 0 Å². The molecular formula is C8H14N2O4. The van der Waals surface area contributed by atoms with Crippen molar-refractivity contribution >= 4 is 17.8 Å². The number of amides is 2. The highest BCUT2D eigenvalue weighted by atomic mass is 16.5. The minimum atomic E-state index is -0.710. The zero-order valence-corrected chi connectivity index (χ0v) is 8.20. The third kappa shape index (κ3) is 5.13. The van der Waals surface area contributed by atoms with E-state index in [-0.39, 0.29) is 6.61 Å². The molecule has 0 rings (SSSR count). The summed E-state index contributed by atoms with van der Waals surface area (Å²) in [6.45, 7) is 2.51. The van der Waals surface area contributed by atoms with Gasteiger partial charge in [-0.2, -0.15) is 0 Å². The van der Waals surface area contributed by atoms with Gasteiger partial charge in [-0.05, 0) is 6.42 Å². The smallest absolute Gasteiger partial charge is 0.303 e. The van der Waals surface area contributed by atoms with E-state index in [1.807, 2.05) is 0 Å². The molecule has 0 aromatic carbocycles. The van der Waals surface area contributed by atoms with Crippen LogP contribution in [0.1, 0.15) is 20.3 Å². The van der Waals surface area contributed by atoms with E-state index in [4.69, 9.17) is 5.73 Å². The van der Waals surface area contributed by atoms with E-state index in [1.54, 1.807) is 6.92 Å². The molecule has 0 fully saturated rings. The summed E-state index contributed by atoms with van der Waals surface area (Å²) in [5.41, 5.74) is 4.99. The Morgan fingerprint density at radius 3 is 2.36 bits per heavy atom. The molecule has 0 bridgehead atoms. The second-order valence-corrected chi connectivity index (χ2v) is 2.71. The quantitative estimate of drug-likeness (QED) is 0.554. The Balaban J connectivity index is 3.91. The Bertz CT molecular complexity index is 239. The first-order chi connectivity index (χ1) is 6.47. The van der Waals surface area contributed by atoms with Crippen molar-refractivity contribution in [1.82, 2.24) is 5.32 Å². The van der Waals surface area contributed by atoms with Gasteiger partial charge in [-0.15, -0.1) is 0 Å². The second kappa shape index (κ2) is 5.95. The van der Waals surface area contributed by atoms with Gasteiger partial charge >= 0.3 is 5.97 Å². The fourth-order valence-corrected chi connectivity index (χ4v) is 0.778. The summed E-state index contributed by atoms with van der Waals surface area (Å²) in [7, 11) is 0. The number of esters is 1. The Morgan fingerprint density at radius 1 is 1.43 bits per heavy atom. The molecule has 1 atom stereocenters. The van der Waals surface area contributed by atoms with Crippen LogP contribution in [0, 0.1) is 0 Å². The van der Waals surface area contributed by atoms with Crippen molar-refractivity contribution in [2.45, 2.75) is 26.3 Å². The standard InChI is InChI=1S/C8H14N2O4/c1-3-6(8(9)13)10-7(12)4-14-5(2)11/h6H,3-4H2,1-2H3,(H2,9,13)(H,10,12)/t6-/m0/s1. The summed E-state index contributed by atoms with van der Waals surface area (Å²) in [4.78, 5) is 32.1. The maximum atomic E-state index is 11.0. The number of carbonyl (C=O) groups is 3. The number of nitrogens with one attached hydrogen (secondary N) is 1. The Labute approximate surface area is 81.8 Å². The van der Waals surface area contributed by atoms with Crippen molar-refractivity contribution in [3.05, 3.63) is 0 Å². The molecule has 2 amide bonds. The molecule has 6 heteroatoms. The number of hydrogen-bond donors (Lipinski definition) is 2. The summed E-state index contributed by atoms with van der Waals surface area (Å²) in [5.74, 6) is -1.69. The van der Waals surface area contributed by atoms with Crippen molar-refractivity contribution in [3.8, 4) is 0 Å². The SMILES string of the molecule is CC[C@H](NC(=O)COC(C)=O)C(N)=O. The second-order valence-electron chi connectivity index (χ2n) is 2.71. The van der Waals surface area contributed by atoms with Gasteiger partial charge in [0.15, 0.2) is 6.61 Å². The zero-order chi connectivity index (χ0) is 11.1. The maximum absolute atomic E-state index is 11.0. The van der Waals surface area contributed by atoms with Gasteiger partial charge in [-0.25, -0.2) is 0 Å². The molecule has 0 spiro atoms. The van der Waals surface area contributed by atoms with Crippen LogP contribution in [0.5, 0.6) is 0 Å². The van der Waals surface area contributed by atoms with Crippen LogP contribution in [0.15, 0.2) is 0 Å². The van der Waals surface area contributed by atoms with Crippen LogP contribution in [0.3, 0.4) is 0 Å². The molecular weight excluding hydrogens is 188 g/mol. The molecule has 6 nitrogen and oxygen atoms in total. The summed E-state index contributed by atoms with van der Waals surface area (Å²) in [6.07, 6.45) is 0.404. The summed E-state index contributed by atoms with van der Waals surface area (Å²) >= 11 is 0. The summed E-state index contributed by atoms with van der Waals surface area (Å²) in [6, 6.07) is -0.710. The topological polar surface area (TPSA) is 98.5 Å². The van der Waals surface area contributed by atoms with Gasteiger partial charge in [0.1, 0.15) is 6.04 Å². The Hall–Kier alpha value is -1.59. The highest BCUT2D eigenvalue weighted by molar-refractivity contribution is 5.87. The minimum Gasteiger partial charge on any atom is -0.456 e. The Morgan fingerprint density at radius 2 is 2.00 bits per heavy atom. The van der Waals surface area contributed by atoms with E-state index in [1.165, 1.54) is 6.92 Å². The number of primary amides is 1. The fraction of sp³-hybridized carbons (Fsp3) is 0.625. The fourth-order valence-electron chi connectivity index (χ4n) is 0.778. The molecule has 0 aromatic rings. The first-order valence-corrected chi connectivity index (χ1v) is 4.19. The highest BCUT2D eigenvalue weighted by Crippen LogP contribution is 1.89. The normalized spacial score (nSPS) is 11.6. The molecule has 0 saturated heterocycles. The summed E-state index contributed by atoms with van der Waals surface area (Å²) in [5, 5.41) is 2.33. The van der Waals surface area contributed by atoms with Crippen molar-refractivity contribution in [2.24, 2.45) is 5.73 Å². The molecule has 14 heavy (non-hydrogen) atoms. The predicted molar refractivity (Wildman–Crippen MR) is 48.0 cm³/mol. The molecule has 0 aliphatic heterocycles. The average molecular weight is 202 g/mol. The third-order valence-corrected chi connectivity index (χ3v) is 1.49. The molecule has 0 aliphatic rings. The van der Waals surface area contributed by atoms with E-state index in [0.29, 0.717) is 6.42 Å². The zero-order valence-electron chi connectivity index (χ0n) is 8.20. The van der Waals surface area contributed by atoms with Crippen LogP contribution in [0.2, 0.25) is 0 Å². The average Bonchev–Trinajstić information content (AvgIpc) is 2.10.